The number of ether oxygens (including phenoxy) is 3. The molecule has 1 fully saturated rings. The van der Waals surface area contributed by atoms with Crippen LogP contribution in [-0.2, 0) is 15.0 Å². The molecule has 0 radical (unpaired) electrons. The van der Waals surface area contributed by atoms with Crippen LogP contribution in [0, 0.1) is 11.8 Å². The highest BCUT2D eigenvalue weighted by molar-refractivity contribution is 5.78. The van der Waals surface area contributed by atoms with Gasteiger partial charge in [0.2, 0.25) is 5.95 Å². The first-order valence-electron chi connectivity index (χ1n) is 11.6. The van der Waals surface area contributed by atoms with Gasteiger partial charge in [0.25, 0.3) is 6.02 Å². The zero-order chi connectivity index (χ0) is 24.4. The lowest BCUT2D eigenvalue weighted by molar-refractivity contribution is -0.0593. The van der Waals surface area contributed by atoms with Gasteiger partial charge in [-0.3, -0.25) is 0 Å². The quantitative estimate of drug-likeness (QED) is 0.501. The van der Waals surface area contributed by atoms with Crippen LogP contribution in [-0.4, -0.2) is 29.8 Å². The van der Waals surface area contributed by atoms with Gasteiger partial charge < -0.3 is 19.9 Å². The van der Waals surface area contributed by atoms with Crippen LogP contribution in [0.25, 0.3) is 11.1 Å². The zero-order valence-corrected chi connectivity index (χ0v) is 19.5. The average Bonchev–Trinajstić information content (AvgIpc) is 3.21. The van der Waals surface area contributed by atoms with Crippen molar-refractivity contribution in [2.45, 2.75) is 43.7 Å². The van der Waals surface area contributed by atoms with E-state index in [2.05, 4.69) is 9.98 Å². The van der Waals surface area contributed by atoms with Crippen LogP contribution in [0.3, 0.4) is 0 Å². The molecule has 35 heavy (non-hydrogen) atoms. The van der Waals surface area contributed by atoms with Gasteiger partial charge in [0.15, 0.2) is 17.1 Å². The maximum atomic E-state index is 15.6. The summed E-state index contributed by atoms with van der Waals surface area (Å²) < 4.78 is 47.6. The first kappa shape index (κ1) is 22.0. The molecule has 0 bridgehead atoms. The van der Waals surface area contributed by atoms with Gasteiger partial charge in [0, 0.05) is 29.5 Å². The van der Waals surface area contributed by atoms with Crippen LogP contribution < -0.4 is 10.5 Å². The number of fused-ring (bicyclic) bond motifs is 4. The van der Waals surface area contributed by atoms with Gasteiger partial charge in [-0.05, 0) is 80.1 Å². The highest BCUT2D eigenvalue weighted by Crippen LogP contribution is 2.53. The number of hydrogen-bond donors (Lipinski definition) is 1. The molecular formula is C27H25F2N3O3. The lowest BCUT2D eigenvalue weighted by atomic mass is 9.77. The zero-order valence-electron chi connectivity index (χ0n) is 19.5. The molecule has 2 aromatic carbocycles. The number of aliphatic imine (C=N–C) groups is 1. The number of nitrogens with two attached hydrogens (primary N) is 1. The van der Waals surface area contributed by atoms with E-state index in [0.717, 1.165) is 18.4 Å². The molecule has 3 aliphatic rings. The minimum atomic E-state index is -1.11. The molecule has 1 aromatic heterocycles. The van der Waals surface area contributed by atoms with Crippen molar-refractivity contribution in [1.82, 2.24) is 4.98 Å². The summed E-state index contributed by atoms with van der Waals surface area (Å²) in [5.41, 5.74) is 7.57. The van der Waals surface area contributed by atoms with Crippen LogP contribution >= 0.6 is 0 Å². The van der Waals surface area contributed by atoms with Gasteiger partial charge in [0.05, 0.1) is 5.60 Å². The Labute approximate surface area is 201 Å². The molecule has 0 aliphatic carbocycles. The topological polar surface area (TPSA) is 79.0 Å². The Morgan fingerprint density at radius 3 is 2.69 bits per heavy atom. The third-order valence-electron chi connectivity index (χ3n) is 7.12. The molecule has 180 valence electrons. The van der Waals surface area contributed by atoms with Crippen LogP contribution in [0.4, 0.5) is 8.78 Å². The summed E-state index contributed by atoms with van der Waals surface area (Å²) in [7, 11) is 0. The third kappa shape index (κ3) is 3.55. The number of pyridine rings is 1. The molecule has 0 saturated carbocycles. The van der Waals surface area contributed by atoms with E-state index in [1.54, 1.807) is 36.4 Å². The predicted molar refractivity (Wildman–Crippen MR) is 126 cm³/mol. The smallest absolute Gasteiger partial charge is 0.283 e. The Kier molecular flexibility index (Phi) is 4.86. The van der Waals surface area contributed by atoms with Gasteiger partial charge in [-0.15, -0.1) is 0 Å². The van der Waals surface area contributed by atoms with Gasteiger partial charge >= 0.3 is 0 Å². The Morgan fingerprint density at radius 2 is 1.94 bits per heavy atom. The van der Waals surface area contributed by atoms with Gasteiger partial charge in [-0.1, -0.05) is 6.07 Å². The lowest BCUT2D eigenvalue weighted by Crippen LogP contribution is -2.34. The molecule has 2 atom stereocenters. The molecule has 2 N–H and O–H groups in total. The summed E-state index contributed by atoms with van der Waals surface area (Å²) in [5, 5.41) is 0. The first-order chi connectivity index (χ1) is 16.8. The molecule has 0 amide bonds. The number of hydrogen-bond acceptors (Lipinski definition) is 6. The monoisotopic (exact) mass is 477 g/mol. The first-order valence-corrected chi connectivity index (χ1v) is 11.6. The van der Waals surface area contributed by atoms with Crippen molar-refractivity contribution in [3.8, 4) is 22.6 Å². The van der Waals surface area contributed by atoms with Crippen LogP contribution in [0.1, 0.15) is 49.3 Å². The highest BCUT2D eigenvalue weighted by atomic mass is 19.1. The van der Waals surface area contributed by atoms with E-state index in [4.69, 9.17) is 19.9 Å². The number of halogens is 2. The van der Waals surface area contributed by atoms with Crippen molar-refractivity contribution in [2.75, 3.05) is 13.2 Å². The molecule has 1 saturated heterocycles. The lowest BCUT2D eigenvalue weighted by Gasteiger charge is -2.37. The summed E-state index contributed by atoms with van der Waals surface area (Å²) in [6.45, 7) is 4.78. The second-order valence-corrected chi connectivity index (χ2v) is 9.93. The van der Waals surface area contributed by atoms with Crippen LogP contribution in [0.15, 0.2) is 53.7 Å². The Bertz CT molecular complexity index is 1370. The van der Waals surface area contributed by atoms with Crippen molar-refractivity contribution < 1.29 is 23.0 Å². The van der Waals surface area contributed by atoms with E-state index in [9.17, 15) is 4.39 Å². The number of nitrogens with zero attached hydrogens (tertiary/aromatic N) is 2. The van der Waals surface area contributed by atoms with E-state index in [1.165, 1.54) is 6.20 Å². The normalized spacial score (nSPS) is 24.2. The largest absolute Gasteiger partial charge is 0.462 e. The number of amidine groups is 1. The highest BCUT2D eigenvalue weighted by Gasteiger charge is 2.48. The predicted octanol–water partition coefficient (Wildman–Crippen LogP) is 5.39. The fraction of sp³-hybridized carbons (Fsp3) is 0.333. The van der Waals surface area contributed by atoms with Crippen LogP contribution in [0.2, 0.25) is 0 Å². The standard InChI is InChI=1S/C27H25F2N3O3/c1-26(2)13-16(7-9-34-26)17-11-20-23(21(28)12-17)35-22-6-5-15(18-4-3-8-31-24(18)29)10-19(22)27(20)14-33-25(30)32-27/h3-6,8,10-12,16H,7,9,13-14H2,1-2H3,(H2,30,32)/t16?,27-/m0/s1. The molecular weight excluding hydrogens is 452 g/mol. The number of aromatic nitrogens is 1. The average molecular weight is 478 g/mol. The summed E-state index contributed by atoms with van der Waals surface area (Å²) in [5.74, 6) is -0.396. The summed E-state index contributed by atoms with van der Waals surface area (Å²) in [6, 6.07) is 12.1. The maximum Gasteiger partial charge on any atom is 0.283 e. The van der Waals surface area contributed by atoms with Gasteiger partial charge in [-0.2, -0.15) is 4.39 Å². The molecule has 3 aliphatic heterocycles. The van der Waals surface area contributed by atoms with E-state index < -0.39 is 17.3 Å². The summed E-state index contributed by atoms with van der Waals surface area (Å²) in [6.07, 6.45) is 2.95. The molecule has 8 heteroatoms. The Morgan fingerprint density at radius 1 is 1.09 bits per heavy atom. The molecule has 6 rings (SSSR count). The van der Waals surface area contributed by atoms with Gasteiger partial charge in [-0.25, -0.2) is 14.4 Å². The number of benzene rings is 2. The maximum absolute atomic E-state index is 15.6. The van der Waals surface area contributed by atoms with Crippen molar-refractivity contribution >= 4 is 6.02 Å². The second-order valence-electron chi connectivity index (χ2n) is 9.93. The van der Waals surface area contributed by atoms with Crippen LogP contribution in [0.5, 0.6) is 11.5 Å². The van der Waals surface area contributed by atoms with Crippen molar-refractivity contribution in [3.63, 3.8) is 0 Å². The van der Waals surface area contributed by atoms with E-state index in [-0.39, 0.29) is 29.9 Å². The molecule has 4 heterocycles. The summed E-state index contributed by atoms with van der Waals surface area (Å²) >= 11 is 0. The molecule has 1 unspecified atom stereocenters. The van der Waals surface area contributed by atoms with E-state index in [0.29, 0.717) is 34.6 Å². The van der Waals surface area contributed by atoms with Crippen molar-refractivity contribution in [3.05, 3.63) is 77.1 Å². The summed E-state index contributed by atoms with van der Waals surface area (Å²) in [4.78, 5) is 8.43. The molecule has 3 aromatic rings. The Balaban J connectivity index is 1.52. The minimum absolute atomic E-state index is 0.0137. The minimum Gasteiger partial charge on any atom is -0.462 e. The number of rotatable bonds is 2. The van der Waals surface area contributed by atoms with Crippen molar-refractivity contribution in [2.24, 2.45) is 10.7 Å². The van der Waals surface area contributed by atoms with Gasteiger partial charge in [0.1, 0.15) is 12.4 Å². The van der Waals surface area contributed by atoms with E-state index in [1.807, 2.05) is 19.9 Å². The second kappa shape index (κ2) is 7.75. The third-order valence-corrected chi connectivity index (χ3v) is 7.12. The molecule has 1 spiro atoms. The van der Waals surface area contributed by atoms with Crippen molar-refractivity contribution in [1.29, 1.82) is 0 Å². The fourth-order valence-corrected chi connectivity index (χ4v) is 5.45. The molecule has 6 nitrogen and oxygen atoms in total. The SMILES string of the molecule is CC1(C)CC(c2cc(F)c3c(c2)[C@]2(COC(N)=N2)c2cc(-c4cccnc4F)ccc2O3)CCO1. The van der Waals surface area contributed by atoms with E-state index >= 15 is 4.39 Å². The fourth-order valence-electron chi connectivity index (χ4n) is 5.45. The Hall–Kier alpha value is -3.52.